The minimum absolute atomic E-state index is 0.666. The molecule has 2 heterocycles. The maximum atomic E-state index is 5.37. The average Bonchev–Trinajstić information content (AvgIpc) is 3.60. The number of pyridine rings is 1. The third-order valence-corrected chi connectivity index (χ3v) is 9.13. The summed E-state index contributed by atoms with van der Waals surface area (Å²) >= 11 is 0. The highest BCUT2D eigenvalue weighted by Crippen LogP contribution is 2.43. The van der Waals surface area contributed by atoms with E-state index in [4.69, 9.17) is 15.3 Å². The molecule has 0 spiro atoms. The molecule has 0 saturated carbocycles. The van der Waals surface area contributed by atoms with E-state index >= 15 is 0 Å². The Morgan fingerprint density at radius 2 is 0.750 bits per heavy atom. The van der Waals surface area contributed by atoms with Crippen LogP contribution >= 0.6 is 0 Å². The molecule has 0 bridgehead atoms. The van der Waals surface area contributed by atoms with Gasteiger partial charge < -0.3 is 5.32 Å². The van der Waals surface area contributed by atoms with Gasteiger partial charge in [0, 0.05) is 0 Å². The van der Waals surface area contributed by atoms with E-state index in [0.29, 0.717) is 17.0 Å². The standard InChI is InChI=1S/C43H33N5/c1-7-19-33(20-8-1)42(34-21-9-2-10-22-34,35-23-11-3-12-24-35)45-40-32-31-39-41(44-40)48(47-46-39)43(36-25-13-4-14-26-36,37-27-15-5-16-28-37)38-29-17-6-18-30-38/h1-32H,(H,44,45). The van der Waals surface area contributed by atoms with Crippen molar-refractivity contribution in [1.29, 1.82) is 0 Å². The van der Waals surface area contributed by atoms with Crippen LogP contribution in [0.1, 0.15) is 33.4 Å². The molecule has 48 heavy (non-hydrogen) atoms. The van der Waals surface area contributed by atoms with Crippen molar-refractivity contribution in [3.63, 3.8) is 0 Å². The molecule has 0 aliphatic heterocycles. The Hall–Kier alpha value is -6.33. The second kappa shape index (κ2) is 12.5. The lowest BCUT2D eigenvalue weighted by molar-refractivity contribution is 0.457. The van der Waals surface area contributed by atoms with Gasteiger partial charge in [0.25, 0.3) is 0 Å². The highest BCUT2D eigenvalue weighted by atomic mass is 15.5. The van der Waals surface area contributed by atoms with Crippen molar-refractivity contribution >= 4 is 17.0 Å². The predicted octanol–water partition coefficient (Wildman–Crippen LogP) is 9.07. The molecular weight excluding hydrogens is 587 g/mol. The van der Waals surface area contributed by atoms with E-state index in [1.807, 2.05) is 35.0 Å². The maximum Gasteiger partial charge on any atom is 0.182 e. The smallest absolute Gasteiger partial charge is 0.182 e. The molecule has 0 aliphatic rings. The first-order chi connectivity index (χ1) is 23.8. The zero-order valence-electron chi connectivity index (χ0n) is 26.3. The monoisotopic (exact) mass is 619 g/mol. The van der Waals surface area contributed by atoms with Crippen LogP contribution in [0.25, 0.3) is 11.2 Å². The number of anilines is 1. The van der Waals surface area contributed by atoms with Crippen LogP contribution in [0, 0.1) is 0 Å². The molecule has 8 aromatic rings. The lowest BCUT2D eigenvalue weighted by Gasteiger charge is -2.38. The minimum atomic E-state index is -0.848. The molecule has 6 aromatic carbocycles. The van der Waals surface area contributed by atoms with E-state index in [9.17, 15) is 0 Å². The van der Waals surface area contributed by atoms with Crippen LogP contribution in [0.5, 0.6) is 0 Å². The van der Waals surface area contributed by atoms with Gasteiger partial charge in [0.05, 0.1) is 0 Å². The van der Waals surface area contributed by atoms with Gasteiger partial charge in [0.2, 0.25) is 0 Å². The van der Waals surface area contributed by atoms with Crippen molar-refractivity contribution in [1.82, 2.24) is 20.0 Å². The number of hydrogen-bond acceptors (Lipinski definition) is 4. The zero-order chi connectivity index (χ0) is 32.2. The molecule has 0 saturated heterocycles. The van der Waals surface area contributed by atoms with Crippen LogP contribution in [0.2, 0.25) is 0 Å². The molecule has 8 rings (SSSR count). The first kappa shape index (κ1) is 29.1. The molecule has 0 atom stereocenters. The first-order valence-corrected chi connectivity index (χ1v) is 16.1. The predicted molar refractivity (Wildman–Crippen MR) is 193 cm³/mol. The van der Waals surface area contributed by atoms with Gasteiger partial charge in [0.15, 0.2) is 5.65 Å². The summed E-state index contributed by atoms with van der Waals surface area (Å²) in [6.07, 6.45) is 0. The summed E-state index contributed by atoms with van der Waals surface area (Å²) in [5, 5.41) is 13.5. The minimum Gasteiger partial charge on any atom is -0.353 e. The van der Waals surface area contributed by atoms with Crippen molar-refractivity contribution in [2.24, 2.45) is 0 Å². The number of rotatable bonds is 9. The fourth-order valence-corrected chi connectivity index (χ4v) is 6.98. The molecule has 0 aliphatic carbocycles. The molecule has 230 valence electrons. The second-order valence-corrected chi connectivity index (χ2v) is 11.8. The molecule has 0 unspecified atom stereocenters. The molecule has 2 aromatic heterocycles. The SMILES string of the molecule is c1ccc(C(Nc2ccc3nnn(C(c4ccccc4)(c4ccccc4)c4ccccc4)c3n2)(c2ccccc2)c2ccccc2)cc1. The van der Waals surface area contributed by atoms with Gasteiger partial charge in [-0.3, -0.25) is 0 Å². The summed E-state index contributed by atoms with van der Waals surface area (Å²) in [4.78, 5) is 5.37. The number of fused-ring (bicyclic) bond motifs is 1. The zero-order valence-corrected chi connectivity index (χ0v) is 26.3. The van der Waals surface area contributed by atoms with Crippen LogP contribution in [-0.2, 0) is 11.1 Å². The number of aromatic nitrogens is 4. The van der Waals surface area contributed by atoms with E-state index in [1.165, 1.54) is 0 Å². The Morgan fingerprint density at radius 1 is 0.396 bits per heavy atom. The normalized spacial score (nSPS) is 11.8. The largest absolute Gasteiger partial charge is 0.353 e. The summed E-state index contributed by atoms with van der Waals surface area (Å²) < 4.78 is 1.99. The van der Waals surface area contributed by atoms with Crippen molar-refractivity contribution in [3.8, 4) is 0 Å². The number of hydrogen-bond donors (Lipinski definition) is 1. The average molecular weight is 620 g/mol. The maximum absolute atomic E-state index is 5.37. The summed E-state index contributed by atoms with van der Waals surface area (Å²) in [6.45, 7) is 0. The van der Waals surface area contributed by atoms with Crippen LogP contribution in [-0.4, -0.2) is 20.0 Å². The lowest BCUT2D eigenvalue weighted by Crippen LogP contribution is -2.39. The van der Waals surface area contributed by atoms with Gasteiger partial charge >= 0.3 is 0 Å². The highest BCUT2D eigenvalue weighted by Gasteiger charge is 2.42. The van der Waals surface area contributed by atoms with E-state index in [1.54, 1.807) is 0 Å². The number of nitrogens with zero attached hydrogens (tertiary/aromatic N) is 4. The van der Waals surface area contributed by atoms with Gasteiger partial charge in [0.1, 0.15) is 22.4 Å². The quantitative estimate of drug-likeness (QED) is 0.164. The second-order valence-electron chi connectivity index (χ2n) is 11.8. The highest BCUT2D eigenvalue weighted by molar-refractivity contribution is 5.75. The van der Waals surface area contributed by atoms with Crippen LogP contribution in [0.3, 0.4) is 0 Å². The van der Waals surface area contributed by atoms with E-state index in [-0.39, 0.29) is 0 Å². The summed E-state index contributed by atoms with van der Waals surface area (Å²) in [7, 11) is 0. The van der Waals surface area contributed by atoms with E-state index in [0.717, 1.165) is 33.4 Å². The summed E-state index contributed by atoms with van der Waals surface area (Å²) in [5.74, 6) is 0.700. The van der Waals surface area contributed by atoms with Crippen LogP contribution in [0.4, 0.5) is 5.82 Å². The van der Waals surface area contributed by atoms with Gasteiger partial charge in [-0.25, -0.2) is 9.67 Å². The van der Waals surface area contributed by atoms with Gasteiger partial charge in [-0.1, -0.05) is 187 Å². The van der Waals surface area contributed by atoms with Gasteiger partial charge in [-0.05, 0) is 45.5 Å². The fraction of sp³-hybridized carbons (Fsp3) is 0.0465. The van der Waals surface area contributed by atoms with Crippen molar-refractivity contribution in [3.05, 3.63) is 228 Å². The fourth-order valence-electron chi connectivity index (χ4n) is 6.98. The number of benzene rings is 6. The molecular formula is C43H33N5. The van der Waals surface area contributed by atoms with Gasteiger partial charge in [-0.2, -0.15) is 0 Å². The molecule has 0 radical (unpaired) electrons. The van der Waals surface area contributed by atoms with Crippen molar-refractivity contribution in [2.75, 3.05) is 5.32 Å². The van der Waals surface area contributed by atoms with Crippen LogP contribution < -0.4 is 5.32 Å². The van der Waals surface area contributed by atoms with Gasteiger partial charge in [-0.15, -0.1) is 5.10 Å². The molecule has 0 amide bonds. The first-order valence-electron chi connectivity index (χ1n) is 16.1. The summed E-state index contributed by atoms with van der Waals surface area (Å²) in [5.41, 5.74) is 6.26. The molecule has 0 fully saturated rings. The third kappa shape index (κ3) is 4.84. The topological polar surface area (TPSA) is 55.6 Å². The Kier molecular flexibility index (Phi) is 7.55. The molecule has 5 heteroatoms. The molecule has 1 N–H and O–H groups in total. The van der Waals surface area contributed by atoms with Crippen LogP contribution in [0.15, 0.2) is 194 Å². The Balaban J connectivity index is 1.39. The number of nitrogens with one attached hydrogen (secondary N) is 1. The van der Waals surface area contributed by atoms with Crippen molar-refractivity contribution in [2.45, 2.75) is 11.1 Å². The lowest BCUT2D eigenvalue weighted by atomic mass is 9.77. The van der Waals surface area contributed by atoms with E-state index in [2.05, 4.69) is 169 Å². The Labute approximate surface area is 280 Å². The Morgan fingerprint density at radius 3 is 1.12 bits per heavy atom. The molecule has 5 nitrogen and oxygen atoms in total. The van der Waals surface area contributed by atoms with E-state index < -0.39 is 11.1 Å². The Bertz CT molecular complexity index is 2040. The third-order valence-electron chi connectivity index (χ3n) is 9.13. The summed E-state index contributed by atoms with van der Waals surface area (Å²) in [6, 6.07) is 67.2. The van der Waals surface area contributed by atoms with Crippen molar-refractivity contribution < 1.29 is 0 Å².